The molecule has 0 spiro atoms. The van der Waals surface area contributed by atoms with Crippen LogP contribution < -0.4 is 0 Å². The van der Waals surface area contributed by atoms with Crippen molar-refractivity contribution in [2.24, 2.45) is 0 Å². The molecule has 3 heteroatoms. The standard InChI is InChI=1S/C19H19N3/c1-2-6-17(7-3-1)14-22(15-18-8-4-10-20-12-18)16-19-9-5-11-21-13-19/h1-13H,14-16H2. The van der Waals surface area contributed by atoms with Gasteiger partial charge in [0.25, 0.3) is 0 Å². The molecule has 3 aromatic rings. The topological polar surface area (TPSA) is 29.0 Å². The Morgan fingerprint density at radius 2 is 1.09 bits per heavy atom. The van der Waals surface area contributed by atoms with Crippen molar-refractivity contribution in [2.75, 3.05) is 0 Å². The Bertz CT molecular complexity index is 570. The van der Waals surface area contributed by atoms with E-state index in [9.17, 15) is 0 Å². The predicted molar refractivity (Wildman–Crippen MR) is 87.9 cm³/mol. The van der Waals surface area contributed by atoms with E-state index in [1.807, 2.05) is 36.9 Å². The third-order valence-electron chi connectivity index (χ3n) is 3.51. The van der Waals surface area contributed by atoms with Gasteiger partial charge in [-0.25, -0.2) is 0 Å². The van der Waals surface area contributed by atoms with Crippen LogP contribution >= 0.6 is 0 Å². The minimum Gasteiger partial charge on any atom is -0.290 e. The molecule has 0 aliphatic rings. The van der Waals surface area contributed by atoms with Gasteiger partial charge in [0.15, 0.2) is 0 Å². The van der Waals surface area contributed by atoms with Gasteiger partial charge < -0.3 is 0 Å². The summed E-state index contributed by atoms with van der Waals surface area (Å²) in [6, 6.07) is 18.8. The lowest BCUT2D eigenvalue weighted by Crippen LogP contribution is -2.22. The van der Waals surface area contributed by atoms with Gasteiger partial charge >= 0.3 is 0 Å². The Kier molecular flexibility index (Phi) is 4.90. The van der Waals surface area contributed by atoms with Crippen molar-refractivity contribution in [3.05, 3.63) is 96.1 Å². The van der Waals surface area contributed by atoms with Gasteiger partial charge in [-0.3, -0.25) is 14.9 Å². The van der Waals surface area contributed by atoms with E-state index in [1.165, 1.54) is 16.7 Å². The number of pyridine rings is 2. The Labute approximate surface area is 131 Å². The lowest BCUT2D eigenvalue weighted by Gasteiger charge is -2.22. The molecule has 3 rings (SSSR count). The molecular weight excluding hydrogens is 270 g/mol. The fourth-order valence-electron chi connectivity index (χ4n) is 2.51. The summed E-state index contributed by atoms with van der Waals surface area (Å²) < 4.78 is 0. The number of hydrogen-bond acceptors (Lipinski definition) is 3. The quantitative estimate of drug-likeness (QED) is 0.693. The molecule has 1 aromatic carbocycles. The molecule has 3 nitrogen and oxygen atoms in total. The van der Waals surface area contributed by atoms with Crippen LogP contribution in [0.3, 0.4) is 0 Å². The summed E-state index contributed by atoms with van der Waals surface area (Å²) in [5.74, 6) is 0. The predicted octanol–water partition coefficient (Wildman–Crippen LogP) is 3.68. The normalized spacial score (nSPS) is 10.8. The van der Waals surface area contributed by atoms with Gasteiger partial charge in [-0.2, -0.15) is 0 Å². The second kappa shape index (κ2) is 7.48. The number of rotatable bonds is 6. The molecule has 0 radical (unpaired) electrons. The van der Waals surface area contributed by atoms with Gasteiger partial charge in [0.1, 0.15) is 0 Å². The van der Waals surface area contributed by atoms with Crippen LogP contribution in [-0.2, 0) is 19.6 Å². The van der Waals surface area contributed by atoms with Gasteiger partial charge in [-0.05, 0) is 28.8 Å². The SMILES string of the molecule is c1ccc(CN(Cc2cccnc2)Cc2cccnc2)cc1. The summed E-state index contributed by atoms with van der Waals surface area (Å²) in [4.78, 5) is 10.8. The lowest BCUT2D eigenvalue weighted by molar-refractivity contribution is 0.247. The highest BCUT2D eigenvalue weighted by atomic mass is 15.1. The molecule has 0 fully saturated rings. The van der Waals surface area contributed by atoms with Crippen LogP contribution in [-0.4, -0.2) is 14.9 Å². The maximum atomic E-state index is 4.21. The molecule has 0 N–H and O–H groups in total. The van der Waals surface area contributed by atoms with Crippen molar-refractivity contribution in [2.45, 2.75) is 19.6 Å². The van der Waals surface area contributed by atoms with E-state index in [2.05, 4.69) is 57.3 Å². The molecule has 0 aliphatic carbocycles. The first-order valence-corrected chi connectivity index (χ1v) is 7.44. The minimum absolute atomic E-state index is 0.873. The van der Waals surface area contributed by atoms with E-state index in [0.717, 1.165) is 19.6 Å². The Balaban J connectivity index is 1.75. The Morgan fingerprint density at radius 1 is 0.591 bits per heavy atom. The third kappa shape index (κ3) is 4.24. The van der Waals surface area contributed by atoms with Crippen molar-refractivity contribution in [3.63, 3.8) is 0 Å². The number of nitrogens with zero attached hydrogens (tertiary/aromatic N) is 3. The van der Waals surface area contributed by atoms with Crippen LogP contribution in [0.2, 0.25) is 0 Å². The van der Waals surface area contributed by atoms with Crippen molar-refractivity contribution < 1.29 is 0 Å². The molecule has 0 atom stereocenters. The summed E-state index contributed by atoms with van der Waals surface area (Å²) in [6.45, 7) is 2.65. The van der Waals surface area contributed by atoms with Gasteiger partial charge in [-0.1, -0.05) is 42.5 Å². The highest BCUT2D eigenvalue weighted by molar-refractivity contribution is 5.16. The Hall–Kier alpha value is -2.52. The van der Waals surface area contributed by atoms with Crippen LogP contribution in [0.15, 0.2) is 79.4 Å². The van der Waals surface area contributed by atoms with Gasteiger partial charge in [0.2, 0.25) is 0 Å². The second-order valence-electron chi connectivity index (χ2n) is 5.35. The Morgan fingerprint density at radius 3 is 1.59 bits per heavy atom. The average molecular weight is 289 g/mol. The summed E-state index contributed by atoms with van der Waals surface area (Å²) >= 11 is 0. The molecule has 110 valence electrons. The van der Waals surface area contributed by atoms with E-state index < -0.39 is 0 Å². The third-order valence-corrected chi connectivity index (χ3v) is 3.51. The second-order valence-corrected chi connectivity index (χ2v) is 5.35. The van der Waals surface area contributed by atoms with Crippen LogP contribution in [0.1, 0.15) is 16.7 Å². The van der Waals surface area contributed by atoms with Gasteiger partial charge in [0, 0.05) is 44.4 Å². The van der Waals surface area contributed by atoms with Crippen LogP contribution in [0.25, 0.3) is 0 Å². The van der Waals surface area contributed by atoms with E-state index >= 15 is 0 Å². The highest BCUT2D eigenvalue weighted by Crippen LogP contribution is 2.13. The fraction of sp³-hybridized carbons (Fsp3) is 0.158. The minimum atomic E-state index is 0.873. The monoisotopic (exact) mass is 289 g/mol. The fourth-order valence-corrected chi connectivity index (χ4v) is 2.51. The van der Waals surface area contributed by atoms with Gasteiger partial charge in [0.05, 0.1) is 0 Å². The average Bonchev–Trinajstić information content (AvgIpc) is 2.57. The summed E-state index contributed by atoms with van der Waals surface area (Å²) in [5, 5.41) is 0. The molecule has 0 saturated heterocycles. The number of aromatic nitrogens is 2. The van der Waals surface area contributed by atoms with E-state index in [4.69, 9.17) is 0 Å². The highest BCUT2D eigenvalue weighted by Gasteiger charge is 2.08. The maximum Gasteiger partial charge on any atom is 0.0312 e. The van der Waals surface area contributed by atoms with Crippen LogP contribution in [0.4, 0.5) is 0 Å². The van der Waals surface area contributed by atoms with Crippen molar-refractivity contribution in [1.82, 2.24) is 14.9 Å². The number of hydrogen-bond donors (Lipinski definition) is 0. The van der Waals surface area contributed by atoms with E-state index in [1.54, 1.807) is 0 Å². The molecule has 22 heavy (non-hydrogen) atoms. The van der Waals surface area contributed by atoms with E-state index in [0.29, 0.717) is 0 Å². The zero-order valence-electron chi connectivity index (χ0n) is 12.5. The first-order chi connectivity index (χ1) is 10.9. The van der Waals surface area contributed by atoms with Crippen LogP contribution in [0.5, 0.6) is 0 Å². The zero-order chi connectivity index (χ0) is 15.0. The summed E-state index contributed by atoms with van der Waals surface area (Å²) in [5.41, 5.74) is 3.76. The molecule has 0 unspecified atom stereocenters. The van der Waals surface area contributed by atoms with Crippen molar-refractivity contribution in [3.8, 4) is 0 Å². The molecule has 0 bridgehead atoms. The molecule has 0 aliphatic heterocycles. The van der Waals surface area contributed by atoms with Crippen LogP contribution in [0, 0.1) is 0 Å². The summed E-state index contributed by atoms with van der Waals surface area (Å²) in [6.07, 6.45) is 7.49. The molecule has 0 saturated carbocycles. The maximum absolute atomic E-state index is 4.21. The summed E-state index contributed by atoms with van der Waals surface area (Å²) in [7, 11) is 0. The van der Waals surface area contributed by atoms with Crippen molar-refractivity contribution >= 4 is 0 Å². The molecular formula is C19H19N3. The van der Waals surface area contributed by atoms with Crippen molar-refractivity contribution in [1.29, 1.82) is 0 Å². The zero-order valence-corrected chi connectivity index (χ0v) is 12.5. The molecule has 0 amide bonds. The lowest BCUT2D eigenvalue weighted by atomic mass is 10.1. The smallest absolute Gasteiger partial charge is 0.0312 e. The molecule has 2 aromatic heterocycles. The largest absolute Gasteiger partial charge is 0.290 e. The molecule has 2 heterocycles. The van der Waals surface area contributed by atoms with E-state index in [-0.39, 0.29) is 0 Å². The van der Waals surface area contributed by atoms with Gasteiger partial charge in [-0.15, -0.1) is 0 Å². The first-order valence-electron chi connectivity index (χ1n) is 7.44. The number of benzene rings is 1. The first kappa shape index (κ1) is 14.4.